The molecule has 0 amide bonds. The molecule has 40 heavy (non-hydrogen) atoms. The van der Waals surface area contributed by atoms with Gasteiger partial charge in [-0.3, -0.25) is 0 Å². The van der Waals surface area contributed by atoms with Crippen molar-refractivity contribution in [1.29, 1.82) is 0 Å². The summed E-state index contributed by atoms with van der Waals surface area (Å²) >= 11 is 2.41. The van der Waals surface area contributed by atoms with E-state index in [9.17, 15) is 17.6 Å². The van der Waals surface area contributed by atoms with Crippen molar-refractivity contribution in [2.24, 2.45) is 0 Å². The van der Waals surface area contributed by atoms with Crippen molar-refractivity contribution >= 4 is 88.8 Å². The maximum atomic E-state index is 12.6. The van der Waals surface area contributed by atoms with E-state index in [0.717, 1.165) is 22.1 Å². The fraction of sp³-hybridized carbons (Fsp3) is 0. The fourth-order valence-electron chi connectivity index (χ4n) is 4.02. The molecule has 0 aliphatic rings. The number of benzene rings is 5. The molecule has 0 aliphatic heterocycles. The average molecular weight is 760 g/mol. The van der Waals surface area contributed by atoms with E-state index in [1.807, 2.05) is 72.8 Å². The van der Waals surface area contributed by atoms with E-state index in [-0.39, 0.29) is 0 Å². The molecule has 198 valence electrons. The summed E-state index contributed by atoms with van der Waals surface area (Å²) in [6.45, 7) is 0. The number of nitrogens with zero attached hydrogens (tertiary/aromatic N) is 2. The minimum Gasteiger partial charge on any atom is -0.248 e. The second-order valence-corrected chi connectivity index (χ2v) is 10.8. The number of halogens is 6. The summed E-state index contributed by atoms with van der Waals surface area (Å²) in [6.07, 6.45) is 0. The van der Waals surface area contributed by atoms with Crippen LogP contribution in [0.5, 0.6) is 0 Å². The van der Waals surface area contributed by atoms with Crippen molar-refractivity contribution in [2.45, 2.75) is 0 Å². The van der Waals surface area contributed by atoms with Gasteiger partial charge in [0.1, 0.15) is 0 Å². The highest BCUT2D eigenvalue weighted by Crippen LogP contribution is 2.26. The first-order valence-electron chi connectivity index (χ1n) is 12.0. The summed E-state index contributed by atoms with van der Waals surface area (Å²) in [5, 5.41) is 4.80. The topological polar surface area (TPSA) is 25.8 Å². The Morgan fingerprint density at radius 1 is 0.375 bits per heavy atom. The minimum atomic E-state index is -1.35. The average Bonchev–Trinajstić information content (AvgIpc) is 3.00. The first-order valence-corrected chi connectivity index (χ1v) is 14.1. The zero-order chi connectivity index (χ0) is 28.2. The van der Waals surface area contributed by atoms with E-state index in [4.69, 9.17) is 0 Å². The smallest absolute Gasteiger partial charge is 0.176 e. The molecule has 0 saturated heterocycles. The predicted molar refractivity (Wildman–Crippen MR) is 170 cm³/mol. The zero-order valence-corrected chi connectivity index (χ0v) is 24.9. The van der Waals surface area contributed by atoms with Gasteiger partial charge < -0.3 is 0 Å². The number of fused-ring (bicyclic) bond motifs is 4. The third-order valence-electron chi connectivity index (χ3n) is 6.01. The van der Waals surface area contributed by atoms with E-state index in [0.29, 0.717) is 0 Å². The van der Waals surface area contributed by atoms with E-state index < -0.39 is 30.4 Å². The molecule has 7 aromatic rings. The predicted octanol–water partition coefficient (Wildman–Crippen LogP) is 10.2. The molecule has 0 saturated carbocycles. The Labute approximate surface area is 254 Å². The fourth-order valence-corrected chi connectivity index (χ4v) is 4.97. The Kier molecular flexibility index (Phi) is 8.75. The number of rotatable bonds is 0. The molecule has 5 aromatic carbocycles. The quantitative estimate of drug-likeness (QED) is 0.0506. The van der Waals surface area contributed by atoms with Gasteiger partial charge in [0.15, 0.2) is 23.3 Å². The molecule has 0 bridgehead atoms. The Balaban J connectivity index is 0.000000122. The molecule has 0 radical (unpaired) electrons. The number of hydrogen-bond donors (Lipinski definition) is 0. The molecule has 0 N–H and O–H groups in total. The SMILES string of the molecule is Fc1c(F)c(I)c(F)c(F)c1I.c1ccc2nc3ccccc3cc2c1.c1ccc2nc3ccccc3cc2c1. The van der Waals surface area contributed by atoms with Crippen LogP contribution in [0.3, 0.4) is 0 Å². The van der Waals surface area contributed by atoms with Gasteiger partial charge in [-0.15, -0.1) is 0 Å². The molecule has 0 aliphatic carbocycles. The van der Waals surface area contributed by atoms with Crippen LogP contribution in [0.25, 0.3) is 43.6 Å². The molecule has 2 aromatic heterocycles. The highest BCUT2D eigenvalue weighted by atomic mass is 127. The van der Waals surface area contributed by atoms with Crippen molar-refractivity contribution < 1.29 is 17.6 Å². The van der Waals surface area contributed by atoms with E-state index in [2.05, 4.69) is 46.4 Å². The lowest BCUT2D eigenvalue weighted by molar-refractivity contribution is 0.437. The molecule has 2 heterocycles. The molecule has 0 fully saturated rings. The second-order valence-electron chi connectivity index (χ2n) is 8.63. The number of pyridine rings is 2. The first-order chi connectivity index (χ1) is 19.3. The summed E-state index contributed by atoms with van der Waals surface area (Å²) in [4.78, 5) is 9.16. The minimum absolute atomic E-state index is 0.664. The highest BCUT2D eigenvalue weighted by Gasteiger charge is 2.21. The molecule has 7 rings (SSSR count). The number of aromatic nitrogens is 2. The highest BCUT2D eigenvalue weighted by molar-refractivity contribution is 14.1. The van der Waals surface area contributed by atoms with Gasteiger partial charge in [-0.05, 0) is 81.6 Å². The Hall–Kier alpha value is -3.38. The lowest BCUT2D eigenvalue weighted by atomic mass is 10.1. The standard InChI is InChI=1S/2C13H9N.C6F4I2/c2*1-3-7-12-10(5-1)9-11-6-2-4-8-13(11)14-12;7-1-2(8)6(12)4(10)3(9)5(1)11/h2*1-9H;. The van der Waals surface area contributed by atoms with Crippen LogP contribution in [0, 0.1) is 30.4 Å². The van der Waals surface area contributed by atoms with Crippen molar-refractivity contribution in [3.05, 3.63) is 140 Å². The number of para-hydroxylation sites is 4. The van der Waals surface area contributed by atoms with Gasteiger partial charge in [0.2, 0.25) is 0 Å². The van der Waals surface area contributed by atoms with Crippen LogP contribution in [-0.2, 0) is 0 Å². The molecule has 2 nitrogen and oxygen atoms in total. The molecule has 0 spiro atoms. The molecular formula is C32H18F4I2N2. The third-order valence-corrected chi connectivity index (χ3v) is 7.90. The van der Waals surface area contributed by atoms with Crippen molar-refractivity contribution in [3.8, 4) is 0 Å². The lowest BCUT2D eigenvalue weighted by Crippen LogP contribution is -2.02. The van der Waals surface area contributed by atoms with Gasteiger partial charge in [0.25, 0.3) is 0 Å². The van der Waals surface area contributed by atoms with Crippen molar-refractivity contribution in [2.75, 3.05) is 0 Å². The van der Waals surface area contributed by atoms with Crippen LogP contribution in [0.15, 0.2) is 109 Å². The first kappa shape index (κ1) is 28.2. The largest absolute Gasteiger partial charge is 0.248 e. The summed E-state index contributed by atoms with van der Waals surface area (Å²) in [5.74, 6) is -5.39. The van der Waals surface area contributed by atoms with Crippen LogP contribution in [-0.4, -0.2) is 9.97 Å². The van der Waals surface area contributed by atoms with Crippen LogP contribution in [0.2, 0.25) is 0 Å². The van der Waals surface area contributed by atoms with E-state index >= 15 is 0 Å². The molecule has 8 heteroatoms. The Morgan fingerprint density at radius 2 is 0.600 bits per heavy atom. The van der Waals surface area contributed by atoms with Gasteiger partial charge in [-0.1, -0.05) is 72.8 Å². The second kappa shape index (κ2) is 12.4. The van der Waals surface area contributed by atoms with Gasteiger partial charge in [-0.2, -0.15) is 0 Å². The van der Waals surface area contributed by atoms with Gasteiger partial charge in [0, 0.05) is 21.5 Å². The Morgan fingerprint density at radius 3 is 0.850 bits per heavy atom. The lowest BCUT2D eigenvalue weighted by Gasteiger charge is -2.02. The molecular weight excluding hydrogens is 742 g/mol. The summed E-state index contributed by atoms with van der Waals surface area (Å²) in [7, 11) is 0. The van der Waals surface area contributed by atoms with Crippen LogP contribution in [0.4, 0.5) is 17.6 Å². The van der Waals surface area contributed by atoms with Crippen molar-refractivity contribution in [3.63, 3.8) is 0 Å². The maximum absolute atomic E-state index is 12.6. The van der Waals surface area contributed by atoms with E-state index in [1.165, 1.54) is 66.7 Å². The summed E-state index contributed by atoms with van der Waals surface area (Å²) < 4.78 is 49.2. The van der Waals surface area contributed by atoms with E-state index in [1.54, 1.807) is 0 Å². The third kappa shape index (κ3) is 6.02. The van der Waals surface area contributed by atoms with Crippen LogP contribution in [0.1, 0.15) is 0 Å². The monoisotopic (exact) mass is 760 g/mol. The molecule has 0 atom stereocenters. The number of hydrogen-bond acceptors (Lipinski definition) is 2. The summed E-state index contributed by atoms with van der Waals surface area (Å²) in [6, 6.07) is 37.1. The Bertz CT molecular complexity index is 1570. The van der Waals surface area contributed by atoms with Gasteiger partial charge >= 0.3 is 0 Å². The zero-order valence-electron chi connectivity index (χ0n) is 20.6. The van der Waals surface area contributed by atoms with Gasteiger partial charge in [-0.25, -0.2) is 27.5 Å². The van der Waals surface area contributed by atoms with Crippen molar-refractivity contribution in [1.82, 2.24) is 9.97 Å². The van der Waals surface area contributed by atoms with Gasteiger partial charge in [0.05, 0.1) is 29.2 Å². The normalized spacial score (nSPS) is 10.8. The van der Waals surface area contributed by atoms with Crippen LogP contribution < -0.4 is 0 Å². The molecule has 0 unspecified atom stereocenters. The maximum Gasteiger partial charge on any atom is 0.176 e. The van der Waals surface area contributed by atoms with Crippen LogP contribution >= 0.6 is 45.2 Å². The summed E-state index contributed by atoms with van der Waals surface area (Å²) in [5.41, 5.74) is 4.25.